The Morgan fingerprint density at radius 2 is 2.00 bits per heavy atom. The van der Waals surface area contributed by atoms with Crippen molar-refractivity contribution in [3.05, 3.63) is 23.9 Å². The van der Waals surface area contributed by atoms with Crippen molar-refractivity contribution in [2.24, 2.45) is 5.14 Å². The molecule has 0 aromatic carbocycles. The molecule has 1 aliphatic heterocycles. The largest absolute Gasteiger partial charge is 0.339 e. The van der Waals surface area contributed by atoms with E-state index in [9.17, 15) is 13.2 Å². The fourth-order valence-corrected chi connectivity index (χ4v) is 2.54. The van der Waals surface area contributed by atoms with Crippen molar-refractivity contribution in [2.45, 2.75) is 17.9 Å². The van der Waals surface area contributed by atoms with E-state index in [-0.39, 0.29) is 16.5 Å². The van der Waals surface area contributed by atoms with E-state index in [0.717, 1.165) is 12.8 Å². The van der Waals surface area contributed by atoms with E-state index in [2.05, 4.69) is 4.98 Å². The Morgan fingerprint density at radius 3 is 2.59 bits per heavy atom. The average molecular weight is 255 g/mol. The van der Waals surface area contributed by atoms with Crippen LogP contribution in [-0.2, 0) is 10.0 Å². The lowest BCUT2D eigenvalue weighted by molar-refractivity contribution is 0.0788. The maximum atomic E-state index is 12.1. The number of nitrogens with zero attached hydrogens (tertiary/aromatic N) is 2. The molecule has 1 saturated heterocycles. The van der Waals surface area contributed by atoms with E-state index in [4.69, 9.17) is 5.14 Å². The molecule has 1 aromatic heterocycles. The number of hydrogen-bond acceptors (Lipinski definition) is 4. The van der Waals surface area contributed by atoms with Gasteiger partial charge in [0.15, 0.2) is 5.03 Å². The van der Waals surface area contributed by atoms with Crippen molar-refractivity contribution in [1.82, 2.24) is 9.88 Å². The molecule has 2 heterocycles. The van der Waals surface area contributed by atoms with Crippen molar-refractivity contribution in [3.8, 4) is 0 Å². The molecule has 0 saturated carbocycles. The van der Waals surface area contributed by atoms with Gasteiger partial charge in [-0.15, -0.1) is 0 Å². The summed E-state index contributed by atoms with van der Waals surface area (Å²) in [5, 5.41) is 4.68. The zero-order valence-corrected chi connectivity index (χ0v) is 9.98. The van der Waals surface area contributed by atoms with Gasteiger partial charge in [0.1, 0.15) is 0 Å². The number of hydrogen-bond donors (Lipinski definition) is 1. The van der Waals surface area contributed by atoms with E-state index >= 15 is 0 Å². The van der Waals surface area contributed by atoms with Gasteiger partial charge in [-0.2, -0.15) is 0 Å². The molecule has 0 spiro atoms. The van der Waals surface area contributed by atoms with Crippen LogP contribution >= 0.6 is 0 Å². The van der Waals surface area contributed by atoms with Crippen LogP contribution < -0.4 is 5.14 Å². The van der Waals surface area contributed by atoms with Crippen LogP contribution in [0, 0.1) is 0 Å². The number of carbonyl (C=O) groups excluding carboxylic acids is 1. The van der Waals surface area contributed by atoms with Gasteiger partial charge < -0.3 is 4.90 Å². The molecule has 2 rings (SSSR count). The molecule has 1 aromatic rings. The van der Waals surface area contributed by atoms with Crippen molar-refractivity contribution in [2.75, 3.05) is 13.1 Å². The Bertz CT molecular complexity index is 535. The van der Waals surface area contributed by atoms with Gasteiger partial charge in [0.25, 0.3) is 15.9 Å². The number of primary sulfonamides is 1. The third kappa shape index (κ3) is 2.45. The highest BCUT2D eigenvalue weighted by molar-refractivity contribution is 7.89. The average Bonchev–Trinajstić information content (AvgIpc) is 2.80. The van der Waals surface area contributed by atoms with Crippen molar-refractivity contribution >= 4 is 15.9 Å². The van der Waals surface area contributed by atoms with E-state index in [1.54, 1.807) is 4.90 Å². The first kappa shape index (κ1) is 12.0. The first-order valence-electron chi connectivity index (χ1n) is 5.27. The number of carbonyl (C=O) groups is 1. The predicted octanol–water partition coefficient (Wildman–Crippen LogP) is -0.0350. The molecule has 0 radical (unpaired) electrons. The summed E-state index contributed by atoms with van der Waals surface area (Å²) in [6, 6.07) is 2.96. The highest BCUT2D eigenvalue weighted by atomic mass is 32.2. The maximum Gasteiger partial charge on any atom is 0.256 e. The van der Waals surface area contributed by atoms with E-state index in [0.29, 0.717) is 13.1 Å². The van der Waals surface area contributed by atoms with Crippen LogP contribution in [0.3, 0.4) is 0 Å². The lowest BCUT2D eigenvalue weighted by atomic mass is 10.2. The van der Waals surface area contributed by atoms with Gasteiger partial charge in [0, 0.05) is 19.3 Å². The minimum Gasteiger partial charge on any atom is -0.339 e. The molecule has 0 unspecified atom stereocenters. The normalized spacial score (nSPS) is 16.2. The molecule has 0 bridgehead atoms. The smallest absolute Gasteiger partial charge is 0.256 e. The molecule has 2 N–H and O–H groups in total. The first-order chi connectivity index (χ1) is 8.00. The molecular weight excluding hydrogens is 242 g/mol. The quantitative estimate of drug-likeness (QED) is 0.802. The second-order valence-electron chi connectivity index (χ2n) is 3.90. The molecule has 17 heavy (non-hydrogen) atoms. The standard InChI is InChI=1S/C10H13N3O3S/c11-17(15,16)9-8(4-3-5-12-9)10(14)13-6-1-2-7-13/h3-5H,1-2,6-7H2,(H2,11,15,16). The van der Waals surface area contributed by atoms with Crippen LogP contribution in [0.2, 0.25) is 0 Å². The van der Waals surface area contributed by atoms with Crippen LogP contribution in [-0.4, -0.2) is 37.3 Å². The molecule has 1 fully saturated rings. The van der Waals surface area contributed by atoms with Gasteiger partial charge in [0.2, 0.25) is 0 Å². The van der Waals surface area contributed by atoms with Crippen molar-refractivity contribution in [3.63, 3.8) is 0 Å². The Kier molecular flexibility index (Phi) is 3.12. The fraction of sp³-hybridized carbons (Fsp3) is 0.400. The van der Waals surface area contributed by atoms with Crippen LogP contribution in [0.5, 0.6) is 0 Å². The number of sulfonamides is 1. The Labute approximate surface area is 99.5 Å². The minimum absolute atomic E-state index is 0.0527. The highest BCUT2D eigenvalue weighted by Crippen LogP contribution is 2.16. The number of amides is 1. The van der Waals surface area contributed by atoms with Gasteiger partial charge in [-0.05, 0) is 25.0 Å². The van der Waals surface area contributed by atoms with Crippen LogP contribution in [0.25, 0.3) is 0 Å². The monoisotopic (exact) mass is 255 g/mol. The second kappa shape index (κ2) is 4.42. The highest BCUT2D eigenvalue weighted by Gasteiger charge is 2.26. The van der Waals surface area contributed by atoms with Crippen molar-refractivity contribution < 1.29 is 13.2 Å². The Balaban J connectivity index is 2.41. The van der Waals surface area contributed by atoms with Gasteiger partial charge in [-0.3, -0.25) is 4.79 Å². The van der Waals surface area contributed by atoms with E-state index in [1.807, 2.05) is 0 Å². The zero-order valence-electron chi connectivity index (χ0n) is 9.17. The number of likely N-dealkylation sites (tertiary alicyclic amines) is 1. The summed E-state index contributed by atoms with van der Waals surface area (Å²) >= 11 is 0. The van der Waals surface area contributed by atoms with Crippen LogP contribution in [0.15, 0.2) is 23.4 Å². The summed E-state index contributed by atoms with van der Waals surface area (Å²) in [5.74, 6) is -0.320. The van der Waals surface area contributed by atoms with E-state index < -0.39 is 10.0 Å². The van der Waals surface area contributed by atoms with Crippen LogP contribution in [0.1, 0.15) is 23.2 Å². The third-order valence-electron chi connectivity index (χ3n) is 2.66. The Hall–Kier alpha value is -1.47. The third-order valence-corrected chi connectivity index (χ3v) is 3.53. The predicted molar refractivity (Wildman–Crippen MR) is 60.7 cm³/mol. The Morgan fingerprint density at radius 1 is 1.35 bits per heavy atom. The molecule has 0 aliphatic carbocycles. The number of rotatable bonds is 2. The summed E-state index contributed by atoms with van der Waals surface area (Å²) < 4.78 is 22.6. The molecule has 92 valence electrons. The summed E-state index contributed by atoms with van der Waals surface area (Å²) in [6.07, 6.45) is 3.19. The second-order valence-corrected chi connectivity index (χ2v) is 5.38. The van der Waals surface area contributed by atoms with Crippen LogP contribution in [0.4, 0.5) is 0 Å². The fourth-order valence-electron chi connectivity index (χ4n) is 1.87. The first-order valence-corrected chi connectivity index (χ1v) is 6.82. The van der Waals surface area contributed by atoms with E-state index in [1.165, 1.54) is 18.3 Å². The molecule has 1 aliphatic rings. The number of nitrogens with two attached hydrogens (primary N) is 1. The molecule has 6 nitrogen and oxygen atoms in total. The topological polar surface area (TPSA) is 93.4 Å². The summed E-state index contributed by atoms with van der Waals surface area (Å²) in [7, 11) is -3.97. The summed E-state index contributed by atoms with van der Waals surface area (Å²) in [4.78, 5) is 17.4. The van der Waals surface area contributed by atoms with Gasteiger partial charge in [0.05, 0.1) is 5.56 Å². The number of aromatic nitrogens is 1. The minimum atomic E-state index is -3.97. The molecular formula is C10H13N3O3S. The van der Waals surface area contributed by atoms with Gasteiger partial charge in [-0.1, -0.05) is 0 Å². The lowest BCUT2D eigenvalue weighted by Crippen LogP contribution is -2.30. The number of pyridine rings is 1. The SMILES string of the molecule is NS(=O)(=O)c1ncccc1C(=O)N1CCCC1. The molecule has 0 atom stereocenters. The maximum absolute atomic E-state index is 12.1. The summed E-state index contributed by atoms with van der Waals surface area (Å²) in [5.41, 5.74) is 0.0527. The van der Waals surface area contributed by atoms with Gasteiger partial charge in [-0.25, -0.2) is 18.5 Å². The zero-order chi connectivity index (χ0) is 12.5. The lowest BCUT2D eigenvalue weighted by Gasteiger charge is -2.16. The summed E-state index contributed by atoms with van der Waals surface area (Å²) in [6.45, 7) is 1.30. The molecule has 1 amide bonds. The van der Waals surface area contributed by atoms with Crippen molar-refractivity contribution in [1.29, 1.82) is 0 Å². The molecule has 7 heteroatoms. The van der Waals surface area contributed by atoms with Gasteiger partial charge >= 0.3 is 0 Å².